The highest BCUT2D eigenvalue weighted by Crippen LogP contribution is 2.34. The lowest BCUT2D eigenvalue weighted by Gasteiger charge is -2.12. The van der Waals surface area contributed by atoms with E-state index in [0.29, 0.717) is 0 Å². The van der Waals surface area contributed by atoms with Crippen LogP contribution < -0.4 is 0 Å². The minimum Gasteiger partial charge on any atom is -0.0888 e. The molecule has 2 unspecified atom stereocenters. The Morgan fingerprint density at radius 3 is 2.67 bits per heavy atom. The van der Waals surface area contributed by atoms with Crippen molar-refractivity contribution in [2.24, 2.45) is 11.8 Å². The molecule has 0 nitrogen and oxygen atoms in total. The molecule has 1 aliphatic rings. The van der Waals surface area contributed by atoms with E-state index in [4.69, 9.17) is 0 Å². The molecule has 0 spiro atoms. The van der Waals surface area contributed by atoms with Crippen LogP contribution in [0.2, 0.25) is 0 Å². The molecule has 1 rings (SSSR count). The minimum atomic E-state index is 1.00. The molecule has 2 atom stereocenters. The molecule has 1 saturated carbocycles. The summed E-state index contributed by atoms with van der Waals surface area (Å²) in [6.07, 6.45) is 13.0. The second-order valence-corrected chi connectivity index (χ2v) is 4.13. The van der Waals surface area contributed by atoms with Crippen LogP contribution in [0, 0.1) is 11.8 Å². The monoisotopic (exact) mass is 166 g/mol. The van der Waals surface area contributed by atoms with Crippen LogP contribution in [-0.4, -0.2) is 0 Å². The van der Waals surface area contributed by atoms with Gasteiger partial charge in [0.2, 0.25) is 0 Å². The van der Waals surface area contributed by atoms with Crippen LogP contribution in [-0.2, 0) is 0 Å². The summed E-state index contributed by atoms with van der Waals surface area (Å²) in [5.41, 5.74) is 0. The molecule has 0 aromatic carbocycles. The second-order valence-electron chi connectivity index (χ2n) is 4.13. The first kappa shape index (κ1) is 9.83. The maximum absolute atomic E-state index is 2.42. The molecule has 0 aromatic heterocycles. The number of allylic oxidation sites excluding steroid dienone is 2. The average Bonchev–Trinajstić information content (AvgIpc) is 2.46. The van der Waals surface area contributed by atoms with E-state index in [1.165, 1.54) is 38.5 Å². The zero-order valence-electron chi connectivity index (χ0n) is 8.55. The molecule has 0 N–H and O–H groups in total. The van der Waals surface area contributed by atoms with E-state index in [0.717, 1.165) is 11.8 Å². The number of hydrogen-bond acceptors (Lipinski definition) is 0. The Kier molecular flexibility index (Phi) is 4.42. The topological polar surface area (TPSA) is 0 Å². The van der Waals surface area contributed by atoms with Gasteiger partial charge in [0.1, 0.15) is 0 Å². The van der Waals surface area contributed by atoms with Gasteiger partial charge in [0.15, 0.2) is 0 Å². The first-order chi connectivity index (χ1) is 5.84. The summed E-state index contributed by atoms with van der Waals surface area (Å²) in [5.74, 6) is 2.03. The molecule has 12 heavy (non-hydrogen) atoms. The summed E-state index contributed by atoms with van der Waals surface area (Å²) in [4.78, 5) is 0. The fourth-order valence-corrected chi connectivity index (χ4v) is 2.25. The highest BCUT2D eigenvalue weighted by molar-refractivity contribution is 4.83. The van der Waals surface area contributed by atoms with Crippen molar-refractivity contribution < 1.29 is 0 Å². The Hall–Kier alpha value is -0.260. The number of rotatable bonds is 4. The van der Waals surface area contributed by atoms with Crippen molar-refractivity contribution in [1.29, 1.82) is 0 Å². The zero-order valence-corrected chi connectivity index (χ0v) is 8.55. The number of hydrogen-bond donors (Lipinski definition) is 0. The van der Waals surface area contributed by atoms with E-state index < -0.39 is 0 Å². The molecule has 0 amide bonds. The smallest absolute Gasteiger partial charge is 0.0348 e. The van der Waals surface area contributed by atoms with E-state index in [-0.39, 0.29) is 0 Å². The third kappa shape index (κ3) is 3.00. The van der Waals surface area contributed by atoms with Crippen molar-refractivity contribution in [2.45, 2.75) is 52.4 Å². The Balaban J connectivity index is 2.10. The van der Waals surface area contributed by atoms with Gasteiger partial charge >= 0.3 is 0 Å². The Morgan fingerprint density at radius 1 is 1.25 bits per heavy atom. The van der Waals surface area contributed by atoms with Crippen molar-refractivity contribution in [2.75, 3.05) is 0 Å². The highest BCUT2D eigenvalue weighted by atomic mass is 14.3. The summed E-state index contributed by atoms with van der Waals surface area (Å²) >= 11 is 0. The standard InChI is InChI=1S/C12H22/c1-3-4-5-6-9-12-10-7-8-11(12)2/h4-5,11-12H,3,6-10H2,1-2H3/b5-4+. The van der Waals surface area contributed by atoms with Crippen LogP contribution in [0.4, 0.5) is 0 Å². The summed E-state index contributed by atoms with van der Waals surface area (Å²) < 4.78 is 0. The fourth-order valence-electron chi connectivity index (χ4n) is 2.25. The van der Waals surface area contributed by atoms with E-state index in [1.807, 2.05) is 0 Å². The Morgan fingerprint density at radius 2 is 2.08 bits per heavy atom. The van der Waals surface area contributed by atoms with Crippen LogP contribution in [0.15, 0.2) is 12.2 Å². The fraction of sp³-hybridized carbons (Fsp3) is 0.833. The van der Waals surface area contributed by atoms with Crippen molar-refractivity contribution in [3.8, 4) is 0 Å². The van der Waals surface area contributed by atoms with Gasteiger partial charge in [0.05, 0.1) is 0 Å². The van der Waals surface area contributed by atoms with E-state index in [9.17, 15) is 0 Å². The summed E-state index contributed by atoms with van der Waals surface area (Å²) in [7, 11) is 0. The molecule has 0 aromatic rings. The SMILES string of the molecule is CC/C=C/CCC1CCCC1C. The van der Waals surface area contributed by atoms with Gasteiger partial charge in [-0.25, -0.2) is 0 Å². The third-order valence-electron chi connectivity index (χ3n) is 3.15. The molecule has 0 heteroatoms. The predicted octanol–water partition coefficient (Wildman–Crippen LogP) is 4.17. The van der Waals surface area contributed by atoms with Gasteiger partial charge in [-0.1, -0.05) is 45.3 Å². The molecule has 0 aliphatic heterocycles. The average molecular weight is 166 g/mol. The van der Waals surface area contributed by atoms with Gasteiger partial charge in [0.25, 0.3) is 0 Å². The van der Waals surface area contributed by atoms with E-state index >= 15 is 0 Å². The predicted molar refractivity (Wildman–Crippen MR) is 55.2 cm³/mol. The van der Waals surface area contributed by atoms with Crippen LogP contribution in [0.1, 0.15) is 52.4 Å². The molecule has 1 fully saturated rings. The second kappa shape index (κ2) is 5.40. The van der Waals surface area contributed by atoms with Gasteiger partial charge in [-0.15, -0.1) is 0 Å². The maximum Gasteiger partial charge on any atom is -0.0348 e. The van der Waals surface area contributed by atoms with Gasteiger partial charge in [-0.3, -0.25) is 0 Å². The van der Waals surface area contributed by atoms with Crippen LogP contribution in [0.5, 0.6) is 0 Å². The lowest BCUT2D eigenvalue weighted by Crippen LogP contribution is -2.02. The summed E-state index contributed by atoms with van der Waals surface area (Å²) in [5, 5.41) is 0. The minimum absolute atomic E-state index is 1.00. The van der Waals surface area contributed by atoms with Crippen molar-refractivity contribution in [3.63, 3.8) is 0 Å². The lowest BCUT2D eigenvalue weighted by atomic mass is 9.93. The molecular formula is C12H22. The summed E-state index contributed by atoms with van der Waals surface area (Å²) in [6.45, 7) is 4.62. The van der Waals surface area contributed by atoms with Gasteiger partial charge in [-0.05, 0) is 31.1 Å². The van der Waals surface area contributed by atoms with Crippen molar-refractivity contribution in [1.82, 2.24) is 0 Å². The molecule has 0 saturated heterocycles. The van der Waals surface area contributed by atoms with E-state index in [2.05, 4.69) is 26.0 Å². The lowest BCUT2D eigenvalue weighted by molar-refractivity contribution is 0.394. The van der Waals surface area contributed by atoms with Crippen LogP contribution in [0.25, 0.3) is 0 Å². The van der Waals surface area contributed by atoms with Crippen molar-refractivity contribution in [3.05, 3.63) is 12.2 Å². The van der Waals surface area contributed by atoms with Gasteiger partial charge < -0.3 is 0 Å². The molecule has 0 bridgehead atoms. The maximum atomic E-state index is 2.42. The van der Waals surface area contributed by atoms with Gasteiger partial charge in [-0.2, -0.15) is 0 Å². The highest BCUT2D eigenvalue weighted by Gasteiger charge is 2.21. The Bertz CT molecular complexity index is 135. The summed E-state index contributed by atoms with van der Waals surface area (Å²) in [6, 6.07) is 0. The van der Waals surface area contributed by atoms with Crippen LogP contribution in [0.3, 0.4) is 0 Å². The molecule has 0 heterocycles. The molecule has 0 radical (unpaired) electrons. The largest absolute Gasteiger partial charge is 0.0888 e. The third-order valence-corrected chi connectivity index (χ3v) is 3.15. The van der Waals surface area contributed by atoms with Gasteiger partial charge in [0, 0.05) is 0 Å². The quantitative estimate of drug-likeness (QED) is 0.550. The zero-order chi connectivity index (χ0) is 8.81. The van der Waals surface area contributed by atoms with Crippen molar-refractivity contribution >= 4 is 0 Å². The van der Waals surface area contributed by atoms with Crippen LogP contribution >= 0.6 is 0 Å². The normalized spacial score (nSPS) is 30.2. The first-order valence-electron chi connectivity index (χ1n) is 5.49. The first-order valence-corrected chi connectivity index (χ1v) is 5.49. The van der Waals surface area contributed by atoms with E-state index in [1.54, 1.807) is 0 Å². The molecule has 70 valence electrons. The molecular weight excluding hydrogens is 144 g/mol. The molecule has 1 aliphatic carbocycles. The Labute approximate surface area is 77.1 Å².